The van der Waals surface area contributed by atoms with Gasteiger partial charge in [-0.1, -0.05) is 24.3 Å². The van der Waals surface area contributed by atoms with Gasteiger partial charge < -0.3 is 9.73 Å². The lowest BCUT2D eigenvalue weighted by molar-refractivity contribution is -0.402. The molecule has 2 heterocycles. The van der Waals surface area contributed by atoms with Crippen LogP contribution >= 0.6 is 0 Å². The standard InChI is InChI=1S/C20H17N3O6S/c24-20(18-10-11-19(29-18)23(25)26)21-15-9-8-14-5-4-12-22(17(14)13-15)30(27,28)16-6-2-1-3-7-16/h1-3,6-11,13H,4-5,12H2,(H,21,24). The van der Waals surface area contributed by atoms with Gasteiger partial charge in [0.25, 0.3) is 15.9 Å². The normalized spacial score (nSPS) is 13.5. The first-order valence-corrected chi connectivity index (χ1v) is 10.6. The zero-order valence-corrected chi connectivity index (χ0v) is 16.5. The Labute approximate surface area is 172 Å². The van der Waals surface area contributed by atoms with E-state index in [0.29, 0.717) is 24.3 Å². The van der Waals surface area contributed by atoms with Gasteiger partial charge in [-0.15, -0.1) is 0 Å². The zero-order chi connectivity index (χ0) is 21.3. The first-order valence-electron chi connectivity index (χ1n) is 9.12. The SMILES string of the molecule is O=C(Nc1ccc2c(c1)N(S(=O)(=O)c1ccccc1)CCC2)c1ccc([N+](=O)[O-])o1. The molecule has 0 radical (unpaired) electrons. The van der Waals surface area contributed by atoms with Crippen LogP contribution < -0.4 is 9.62 Å². The van der Waals surface area contributed by atoms with Crippen LogP contribution in [0.4, 0.5) is 17.3 Å². The second-order valence-corrected chi connectivity index (χ2v) is 8.55. The molecule has 0 bridgehead atoms. The molecule has 0 spiro atoms. The van der Waals surface area contributed by atoms with Crippen LogP contribution in [0.25, 0.3) is 0 Å². The maximum atomic E-state index is 13.1. The summed E-state index contributed by atoms with van der Waals surface area (Å²) in [6.07, 6.45) is 1.40. The predicted molar refractivity (Wildman–Crippen MR) is 109 cm³/mol. The van der Waals surface area contributed by atoms with Gasteiger partial charge in [-0.25, -0.2) is 8.42 Å². The Morgan fingerprint density at radius 2 is 1.87 bits per heavy atom. The van der Waals surface area contributed by atoms with Crippen molar-refractivity contribution in [1.82, 2.24) is 0 Å². The predicted octanol–water partition coefficient (Wildman–Crippen LogP) is 3.58. The average Bonchev–Trinajstić information content (AvgIpc) is 3.25. The molecule has 10 heteroatoms. The van der Waals surface area contributed by atoms with E-state index in [1.54, 1.807) is 48.5 Å². The van der Waals surface area contributed by atoms with Crippen molar-refractivity contribution in [2.24, 2.45) is 0 Å². The van der Waals surface area contributed by atoms with Gasteiger partial charge in [0.05, 0.1) is 16.6 Å². The molecular weight excluding hydrogens is 410 g/mol. The van der Waals surface area contributed by atoms with E-state index < -0.39 is 26.7 Å². The minimum atomic E-state index is -3.75. The molecule has 2 aromatic carbocycles. The lowest BCUT2D eigenvalue weighted by Crippen LogP contribution is -2.35. The Hall–Kier alpha value is -3.66. The highest BCUT2D eigenvalue weighted by Crippen LogP contribution is 2.34. The summed E-state index contributed by atoms with van der Waals surface area (Å²) in [6.45, 7) is 0.325. The molecule has 9 nitrogen and oxygen atoms in total. The fourth-order valence-electron chi connectivity index (χ4n) is 3.33. The number of rotatable bonds is 5. The summed E-state index contributed by atoms with van der Waals surface area (Å²) in [5.74, 6) is -1.42. The van der Waals surface area contributed by atoms with Gasteiger partial charge in [-0.2, -0.15) is 0 Å². The van der Waals surface area contributed by atoms with Crippen LogP contribution in [0.1, 0.15) is 22.5 Å². The average molecular weight is 427 g/mol. The summed E-state index contributed by atoms with van der Waals surface area (Å²) < 4.78 is 32.5. The maximum absolute atomic E-state index is 13.1. The molecule has 0 aliphatic carbocycles. The van der Waals surface area contributed by atoms with Crippen LogP contribution in [0.15, 0.2) is 70.0 Å². The van der Waals surface area contributed by atoms with Gasteiger partial charge in [-0.3, -0.25) is 19.2 Å². The van der Waals surface area contributed by atoms with Gasteiger partial charge in [0.15, 0.2) is 5.76 Å². The van der Waals surface area contributed by atoms with E-state index >= 15 is 0 Å². The monoisotopic (exact) mass is 427 g/mol. The fourth-order valence-corrected chi connectivity index (χ4v) is 4.88. The van der Waals surface area contributed by atoms with Crippen LogP contribution in [-0.4, -0.2) is 25.8 Å². The number of carbonyl (C=O) groups excluding carboxylic acids is 1. The Morgan fingerprint density at radius 1 is 1.10 bits per heavy atom. The molecule has 0 unspecified atom stereocenters. The molecule has 1 aliphatic heterocycles. The number of hydrogen-bond acceptors (Lipinski definition) is 6. The number of nitrogens with zero attached hydrogens (tertiary/aromatic N) is 2. The van der Waals surface area contributed by atoms with Crippen molar-refractivity contribution in [2.75, 3.05) is 16.2 Å². The Bertz CT molecular complexity index is 1220. The maximum Gasteiger partial charge on any atom is 0.433 e. The van der Waals surface area contributed by atoms with E-state index in [2.05, 4.69) is 5.32 Å². The minimum Gasteiger partial charge on any atom is -0.395 e. The van der Waals surface area contributed by atoms with Crippen LogP contribution in [0.5, 0.6) is 0 Å². The summed E-state index contributed by atoms with van der Waals surface area (Å²) >= 11 is 0. The van der Waals surface area contributed by atoms with E-state index in [4.69, 9.17) is 4.42 Å². The van der Waals surface area contributed by atoms with Crippen molar-refractivity contribution in [3.63, 3.8) is 0 Å². The van der Waals surface area contributed by atoms with E-state index in [0.717, 1.165) is 18.1 Å². The summed E-state index contributed by atoms with van der Waals surface area (Å²) in [4.78, 5) is 22.5. The molecule has 154 valence electrons. The van der Waals surface area contributed by atoms with Crippen LogP contribution in [0.3, 0.4) is 0 Å². The number of anilines is 2. The van der Waals surface area contributed by atoms with Gasteiger partial charge in [0.2, 0.25) is 0 Å². The highest BCUT2D eigenvalue weighted by Gasteiger charge is 2.29. The van der Waals surface area contributed by atoms with Gasteiger partial charge in [0.1, 0.15) is 4.92 Å². The largest absolute Gasteiger partial charge is 0.433 e. The Kier molecular flexibility index (Phi) is 5.00. The fraction of sp³-hybridized carbons (Fsp3) is 0.150. The third-order valence-corrected chi connectivity index (χ3v) is 6.57. The molecule has 0 saturated heterocycles. The van der Waals surface area contributed by atoms with Gasteiger partial charge in [-0.05, 0) is 48.7 Å². The molecular formula is C20H17N3O6S. The highest BCUT2D eigenvalue weighted by atomic mass is 32.2. The highest BCUT2D eigenvalue weighted by molar-refractivity contribution is 7.92. The van der Waals surface area contributed by atoms with Crippen LogP contribution in [0.2, 0.25) is 0 Å². The summed E-state index contributed by atoms with van der Waals surface area (Å²) in [5, 5.41) is 13.3. The van der Waals surface area contributed by atoms with Crippen LogP contribution in [0, 0.1) is 10.1 Å². The van der Waals surface area contributed by atoms with E-state index in [1.807, 2.05) is 0 Å². The number of benzene rings is 2. The third-order valence-electron chi connectivity index (χ3n) is 4.75. The van der Waals surface area contributed by atoms with Gasteiger partial charge in [0, 0.05) is 12.2 Å². The molecule has 30 heavy (non-hydrogen) atoms. The van der Waals surface area contributed by atoms with Crippen molar-refractivity contribution in [3.8, 4) is 0 Å². The van der Waals surface area contributed by atoms with Crippen molar-refractivity contribution in [3.05, 3.63) is 82.1 Å². The number of nitrogens with one attached hydrogen (secondary N) is 1. The zero-order valence-electron chi connectivity index (χ0n) is 15.6. The van der Waals surface area contributed by atoms with Crippen molar-refractivity contribution >= 4 is 33.2 Å². The van der Waals surface area contributed by atoms with E-state index in [-0.39, 0.29) is 10.7 Å². The number of aryl methyl sites for hydroxylation is 1. The molecule has 0 atom stereocenters. The Morgan fingerprint density at radius 3 is 2.57 bits per heavy atom. The van der Waals surface area contributed by atoms with Gasteiger partial charge >= 0.3 is 5.88 Å². The lowest BCUT2D eigenvalue weighted by Gasteiger charge is -2.31. The molecule has 1 amide bonds. The smallest absolute Gasteiger partial charge is 0.395 e. The summed E-state index contributed by atoms with van der Waals surface area (Å²) in [6, 6.07) is 15.5. The van der Waals surface area contributed by atoms with Crippen LogP contribution in [-0.2, 0) is 16.4 Å². The molecule has 1 N–H and O–H groups in total. The number of sulfonamides is 1. The number of amides is 1. The Balaban J connectivity index is 1.64. The van der Waals surface area contributed by atoms with Crippen molar-refractivity contribution in [1.29, 1.82) is 0 Å². The minimum absolute atomic E-state index is 0.190. The summed E-state index contributed by atoms with van der Waals surface area (Å²) in [7, 11) is -3.75. The lowest BCUT2D eigenvalue weighted by atomic mass is 10.0. The van der Waals surface area contributed by atoms with E-state index in [1.165, 1.54) is 10.4 Å². The quantitative estimate of drug-likeness (QED) is 0.490. The topological polar surface area (TPSA) is 123 Å². The second-order valence-electron chi connectivity index (χ2n) is 6.69. The number of fused-ring (bicyclic) bond motifs is 1. The number of furan rings is 1. The molecule has 0 fully saturated rings. The molecule has 1 aliphatic rings. The third kappa shape index (κ3) is 3.64. The first kappa shape index (κ1) is 19.6. The van der Waals surface area contributed by atoms with Crippen molar-refractivity contribution < 1.29 is 22.6 Å². The summed E-state index contributed by atoms with van der Waals surface area (Å²) in [5.41, 5.74) is 1.70. The van der Waals surface area contributed by atoms with Crippen molar-refractivity contribution in [2.45, 2.75) is 17.7 Å². The number of nitro groups is 1. The molecule has 3 aromatic rings. The molecule has 4 rings (SSSR count). The number of carbonyl (C=O) groups is 1. The van der Waals surface area contributed by atoms with E-state index in [9.17, 15) is 23.3 Å². The molecule has 0 saturated carbocycles. The molecule has 1 aromatic heterocycles. The second kappa shape index (κ2) is 7.64. The number of hydrogen-bond donors (Lipinski definition) is 1. The first-order chi connectivity index (χ1) is 14.4.